The number of aryl methyl sites for hydroxylation is 4. The molecule has 2 rings (SSSR count). The summed E-state index contributed by atoms with van der Waals surface area (Å²) >= 11 is 0. The van der Waals surface area contributed by atoms with Gasteiger partial charge in [-0.3, -0.25) is 4.79 Å². The number of tetrazole rings is 1. The molecule has 6 nitrogen and oxygen atoms in total. The van der Waals surface area contributed by atoms with Crippen LogP contribution in [0.1, 0.15) is 29.8 Å². The van der Waals surface area contributed by atoms with Crippen LogP contribution in [0.5, 0.6) is 0 Å². The number of hydrogen-bond acceptors (Lipinski definition) is 4. The molecular formula is C14H18N4O2. The van der Waals surface area contributed by atoms with Crippen LogP contribution in [0.2, 0.25) is 0 Å². The Morgan fingerprint density at radius 3 is 2.95 bits per heavy atom. The van der Waals surface area contributed by atoms with Crippen LogP contribution in [0, 0.1) is 6.92 Å². The van der Waals surface area contributed by atoms with E-state index in [2.05, 4.69) is 40.6 Å². The van der Waals surface area contributed by atoms with E-state index in [1.54, 1.807) is 4.68 Å². The quantitative estimate of drug-likeness (QED) is 0.830. The molecule has 0 aliphatic heterocycles. The number of carboxylic acids is 1. The molecule has 1 N–H and O–H groups in total. The van der Waals surface area contributed by atoms with Crippen LogP contribution in [-0.4, -0.2) is 31.3 Å². The van der Waals surface area contributed by atoms with Crippen LogP contribution < -0.4 is 0 Å². The highest BCUT2D eigenvalue weighted by molar-refractivity contribution is 5.66. The minimum Gasteiger partial charge on any atom is -0.481 e. The number of nitrogens with zero attached hydrogens (tertiary/aromatic N) is 4. The molecule has 6 heteroatoms. The molecule has 0 atom stereocenters. The third kappa shape index (κ3) is 4.15. The van der Waals surface area contributed by atoms with Gasteiger partial charge in [-0.1, -0.05) is 29.8 Å². The number of rotatable bonds is 7. The van der Waals surface area contributed by atoms with Gasteiger partial charge in [0.25, 0.3) is 0 Å². The summed E-state index contributed by atoms with van der Waals surface area (Å²) in [4.78, 5) is 10.5. The zero-order valence-corrected chi connectivity index (χ0v) is 11.5. The summed E-state index contributed by atoms with van der Waals surface area (Å²) in [5.41, 5.74) is 2.49. The molecule has 106 valence electrons. The predicted octanol–water partition coefficient (Wildman–Crippen LogP) is 1.63. The molecule has 0 radical (unpaired) electrons. The maximum absolute atomic E-state index is 10.5. The van der Waals surface area contributed by atoms with Crippen molar-refractivity contribution in [3.8, 4) is 0 Å². The smallest absolute Gasteiger partial charge is 0.303 e. The molecule has 2 aromatic rings. The first kappa shape index (κ1) is 14.2. The number of carbonyl (C=O) groups is 1. The fourth-order valence-electron chi connectivity index (χ4n) is 2.08. The minimum atomic E-state index is -0.792. The Kier molecular flexibility index (Phi) is 4.81. The lowest BCUT2D eigenvalue weighted by Gasteiger charge is -2.04. The van der Waals surface area contributed by atoms with Gasteiger partial charge in [0, 0.05) is 19.4 Å². The average Bonchev–Trinajstić information content (AvgIpc) is 2.84. The van der Waals surface area contributed by atoms with Gasteiger partial charge in [0.1, 0.15) is 0 Å². The molecule has 20 heavy (non-hydrogen) atoms. The summed E-state index contributed by atoms with van der Waals surface area (Å²) in [5, 5.41) is 20.2. The maximum Gasteiger partial charge on any atom is 0.303 e. The fraction of sp³-hybridized carbons (Fsp3) is 0.429. The zero-order valence-electron chi connectivity index (χ0n) is 11.5. The minimum absolute atomic E-state index is 0.136. The molecule has 0 fully saturated rings. The number of aliphatic carboxylic acids is 1. The lowest BCUT2D eigenvalue weighted by Crippen LogP contribution is -2.09. The van der Waals surface area contributed by atoms with Gasteiger partial charge in [-0.15, -0.1) is 5.10 Å². The normalized spacial score (nSPS) is 10.7. The number of hydrogen-bond donors (Lipinski definition) is 1. The highest BCUT2D eigenvalue weighted by atomic mass is 16.4. The second-order valence-corrected chi connectivity index (χ2v) is 4.80. The van der Waals surface area contributed by atoms with E-state index in [1.807, 2.05) is 6.07 Å². The van der Waals surface area contributed by atoms with Gasteiger partial charge in [0.15, 0.2) is 5.82 Å². The van der Waals surface area contributed by atoms with E-state index in [9.17, 15) is 4.79 Å². The van der Waals surface area contributed by atoms with Crippen molar-refractivity contribution >= 4 is 5.97 Å². The zero-order chi connectivity index (χ0) is 14.4. The largest absolute Gasteiger partial charge is 0.481 e. The van der Waals surface area contributed by atoms with E-state index in [1.165, 1.54) is 11.1 Å². The molecule has 0 aliphatic carbocycles. The SMILES string of the molecule is Cc1cccc(CCc2nnnn2CCCC(=O)O)c1. The lowest BCUT2D eigenvalue weighted by atomic mass is 10.1. The van der Waals surface area contributed by atoms with E-state index in [-0.39, 0.29) is 6.42 Å². The van der Waals surface area contributed by atoms with Gasteiger partial charge in [-0.05, 0) is 35.8 Å². The van der Waals surface area contributed by atoms with Crippen LogP contribution >= 0.6 is 0 Å². The van der Waals surface area contributed by atoms with Crippen LogP contribution in [0.25, 0.3) is 0 Å². The third-order valence-corrected chi connectivity index (χ3v) is 3.09. The maximum atomic E-state index is 10.5. The van der Waals surface area contributed by atoms with E-state index in [0.29, 0.717) is 13.0 Å². The number of benzene rings is 1. The summed E-state index contributed by atoms with van der Waals surface area (Å²) in [7, 11) is 0. The van der Waals surface area contributed by atoms with Crippen LogP contribution in [0.3, 0.4) is 0 Å². The Hall–Kier alpha value is -2.24. The first-order valence-electron chi connectivity index (χ1n) is 6.67. The molecule has 0 amide bonds. The van der Waals surface area contributed by atoms with E-state index < -0.39 is 5.97 Å². The predicted molar refractivity (Wildman–Crippen MR) is 73.3 cm³/mol. The molecule has 0 saturated heterocycles. The Labute approximate surface area is 117 Å². The van der Waals surface area contributed by atoms with Crippen molar-refractivity contribution in [2.24, 2.45) is 0 Å². The van der Waals surface area contributed by atoms with E-state index in [0.717, 1.165) is 18.7 Å². The van der Waals surface area contributed by atoms with Gasteiger partial charge in [0.05, 0.1) is 0 Å². The standard InChI is InChI=1S/C14H18N4O2/c1-11-4-2-5-12(10-11)7-8-13-15-16-17-18(13)9-3-6-14(19)20/h2,4-5,10H,3,6-9H2,1H3,(H,19,20). The van der Waals surface area contributed by atoms with Gasteiger partial charge >= 0.3 is 5.97 Å². The molecule has 1 heterocycles. The molecule has 0 bridgehead atoms. The van der Waals surface area contributed by atoms with E-state index >= 15 is 0 Å². The third-order valence-electron chi connectivity index (χ3n) is 3.09. The monoisotopic (exact) mass is 274 g/mol. The second kappa shape index (κ2) is 6.79. The molecule has 0 spiro atoms. The van der Waals surface area contributed by atoms with Gasteiger partial charge < -0.3 is 5.11 Å². The average molecular weight is 274 g/mol. The van der Waals surface area contributed by atoms with Gasteiger partial charge in [0.2, 0.25) is 0 Å². The van der Waals surface area contributed by atoms with Crippen LogP contribution in [-0.2, 0) is 24.2 Å². The number of carboxylic acid groups (broad SMARTS) is 1. The van der Waals surface area contributed by atoms with Crippen molar-refractivity contribution < 1.29 is 9.90 Å². The molecule has 0 aliphatic rings. The molecule has 1 aromatic carbocycles. The van der Waals surface area contributed by atoms with E-state index in [4.69, 9.17) is 5.11 Å². The van der Waals surface area contributed by atoms with Crippen molar-refractivity contribution in [2.45, 2.75) is 39.2 Å². The Balaban J connectivity index is 1.90. The number of aromatic nitrogens is 4. The second-order valence-electron chi connectivity index (χ2n) is 4.80. The van der Waals surface area contributed by atoms with Gasteiger partial charge in [-0.2, -0.15) is 0 Å². The molecule has 0 unspecified atom stereocenters. The van der Waals surface area contributed by atoms with Crippen molar-refractivity contribution in [1.29, 1.82) is 0 Å². The van der Waals surface area contributed by atoms with Crippen molar-refractivity contribution in [3.05, 3.63) is 41.2 Å². The summed E-state index contributed by atoms with van der Waals surface area (Å²) in [6.07, 6.45) is 2.31. The first-order chi connectivity index (χ1) is 9.65. The van der Waals surface area contributed by atoms with Crippen molar-refractivity contribution in [3.63, 3.8) is 0 Å². The Bertz CT molecular complexity index is 580. The summed E-state index contributed by atoms with van der Waals surface area (Å²) in [5.74, 6) is 0.0104. The topological polar surface area (TPSA) is 80.9 Å². The molecule has 1 aromatic heterocycles. The Morgan fingerprint density at radius 1 is 1.35 bits per heavy atom. The van der Waals surface area contributed by atoms with Crippen LogP contribution in [0.4, 0.5) is 0 Å². The highest BCUT2D eigenvalue weighted by Crippen LogP contribution is 2.08. The van der Waals surface area contributed by atoms with Crippen molar-refractivity contribution in [1.82, 2.24) is 20.2 Å². The van der Waals surface area contributed by atoms with Crippen LogP contribution in [0.15, 0.2) is 24.3 Å². The Morgan fingerprint density at radius 2 is 2.20 bits per heavy atom. The van der Waals surface area contributed by atoms with Gasteiger partial charge in [-0.25, -0.2) is 4.68 Å². The lowest BCUT2D eigenvalue weighted by molar-refractivity contribution is -0.137. The molecular weight excluding hydrogens is 256 g/mol. The fourth-order valence-corrected chi connectivity index (χ4v) is 2.08. The van der Waals surface area contributed by atoms with Crippen molar-refractivity contribution in [2.75, 3.05) is 0 Å². The first-order valence-corrected chi connectivity index (χ1v) is 6.67. The highest BCUT2D eigenvalue weighted by Gasteiger charge is 2.07. The molecule has 0 saturated carbocycles. The summed E-state index contributed by atoms with van der Waals surface area (Å²) < 4.78 is 1.69. The summed E-state index contributed by atoms with van der Waals surface area (Å²) in [6.45, 7) is 2.61. The summed E-state index contributed by atoms with van der Waals surface area (Å²) in [6, 6.07) is 8.35.